The van der Waals surface area contributed by atoms with Crippen LogP contribution in [0.1, 0.15) is 18.4 Å². The predicted molar refractivity (Wildman–Crippen MR) is 86.7 cm³/mol. The molecule has 8 N–H and O–H groups in total. The lowest BCUT2D eigenvalue weighted by Crippen LogP contribution is -2.44. The van der Waals surface area contributed by atoms with Crippen molar-refractivity contribution in [1.29, 1.82) is 5.41 Å². The molecule has 1 aromatic rings. The number of hydrogen-bond acceptors (Lipinski definition) is 4. The summed E-state index contributed by atoms with van der Waals surface area (Å²) >= 11 is 0. The van der Waals surface area contributed by atoms with Gasteiger partial charge in [-0.25, -0.2) is 0 Å². The molecule has 0 aromatic heterocycles. The molecule has 0 aliphatic carbocycles. The highest BCUT2D eigenvalue weighted by Gasteiger charge is 2.17. The monoisotopic (exact) mass is 307 g/mol. The molecule has 122 valence electrons. The summed E-state index contributed by atoms with van der Waals surface area (Å²) in [6, 6.07) is 9.08. The van der Waals surface area contributed by atoms with Gasteiger partial charge < -0.3 is 27.2 Å². The number of benzene rings is 1. The summed E-state index contributed by atoms with van der Waals surface area (Å²) in [5.41, 5.74) is 12.3. The first-order valence-corrected chi connectivity index (χ1v) is 7.32. The van der Waals surface area contributed by atoms with Gasteiger partial charge in [0.1, 0.15) is 6.04 Å². The SMILES string of the molecule is N=C(N)NCCC[C@H](NCC(N)Cc1ccccc1)C(=O)O. The Balaban J connectivity index is 2.31. The van der Waals surface area contributed by atoms with Gasteiger partial charge in [0.15, 0.2) is 5.96 Å². The van der Waals surface area contributed by atoms with E-state index in [0.717, 1.165) is 5.56 Å². The molecule has 1 unspecified atom stereocenters. The van der Waals surface area contributed by atoms with Crippen LogP contribution in [-0.2, 0) is 11.2 Å². The molecule has 0 aliphatic rings. The molecule has 7 heteroatoms. The Morgan fingerprint density at radius 2 is 2.00 bits per heavy atom. The molecule has 0 spiro atoms. The zero-order valence-corrected chi connectivity index (χ0v) is 12.6. The summed E-state index contributed by atoms with van der Waals surface area (Å²) in [5, 5.41) is 21.9. The van der Waals surface area contributed by atoms with Crippen molar-refractivity contribution in [3.8, 4) is 0 Å². The maximum atomic E-state index is 11.2. The van der Waals surface area contributed by atoms with Crippen molar-refractivity contribution >= 4 is 11.9 Å². The van der Waals surface area contributed by atoms with Gasteiger partial charge in [0, 0.05) is 19.1 Å². The van der Waals surface area contributed by atoms with Gasteiger partial charge in [0.2, 0.25) is 0 Å². The van der Waals surface area contributed by atoms with Crippen LogP contribution in [-0.4, -0.2) is 42.2 Å². The van der Waals surface area contributed by atoms with E-state index in [1.165, 1.54) is 0 Å². The Morgan fingerprint density at radius 3 is 2.59 bits per heavy atom. The van der Waals surface area contributed by atoms with Gasteiger partial charge in [-0.2, -0.15) is 0 Å². The number of nitrogens with one attached hydrogen (secondary N) is 3. The van der Waals surface area contributed by atoms with E-state index in [4.69, 9.17) is 16.9 Å². The highest BCUT2D eigenvalue weighted by Crippen LogP contribution is 2.02. The lowest BCUT2D eigenvalue weighted by Gasteiger charge is -2.18. The van der Waals surface area contributed by atoms with Crippen molar-refractivity contribution in [3.63, 3.8) is 0 Å². The maximum Gasteiger partial charge on any atom is 0.320 e. The summed E-state index contributed by atoms with van der Waals surface area (Å²) in [7, 11) is 0. The number of rotatable bonds is 10. The third-order valence-corrected chi connectivity index (χ3v) is 3.25. The Hall–Kier alpha value is -2.12. The summed E-state index contributed by atoms with van der Waals surface area (Å²) < 4.78 is 0. The maximum absolute atomic E-state index is 11.2. The quantitative estimate of drug-likeness (QED) is 0.202. The van der Waals surface area contributed by atoms with Crippen LogP contribution in [0.25, 0.3) is 0 Å². The van der Waals surface area contributed by atoms with E-state index < -0.39 is 12.0 Å². The molecule has 1 rings (SSSR count). The number of carboxylic acid groups (broad SMARTS) is 1. The molecule has 0 heterocycles. The Kier molecular flexibility index (Phi) is 7.95. The van der Waals surface area contributed by atoms with Gasteiger partial charge in [-0.05, 0) is 24.8 Å². The number of guanidine groups is 1. The largest absolute Gasteiger partial charge is 0.480 e. The number of carbonyl (C=O) groups is 1. The van der Waals surface area contributed by atoms with Crippen LogP contribution in [0.3, 0.4) is 0 Å². The fraction of sp³-hybridized carbons (Fsp3) is 0.467. The number of carboxylic acids is 1. The fourth-order valence-electron chi connectivity index (χ4n) is 2.12. The van der Waals surface area contributed by atoms with Crippen LogP contribution < -0.4 is 22.1 Å². The lowest BCUT2D eigenvalue weighted by molar-refractivity contribution is -0.139. The lowest BCUT2D eigenvalue weighted by atomic mass is 10.1. The summed E-state index contributed by atoms with van der Waals surface area (Å²) in [4.78, 5) is 11.2. The minimum absolute atomic E-state index is 0.107. The zero-order valence-electron chi connectivity index (χ0n) is 12.6. The molecule has 2 atom stereocenters. The summed E-state index contributed by atoms with van der Waals surface area (Å²) in [5.74, 6) is -1.00. The summed E-state index contributed by atoms with van der Waals surface area (Å²) in [6.45, 7) is 0.920. The molecule has 0 bridgehead atoms. The second-order valence-corrected chi connectivity index (χ2v) is 5.23. The highest BCUT2D eigenvalue weighted by molar-refractivity contribution is 5.74. The molecule has 0 aliphatic heterocycles. The topological polar surface area (TPSA) is 137 Å². The van der Waals surface area contributed by atoms with Gasteiger partial charge in [0.05, 0.1) is 0 Å². The average Bonchev–Trinajstić information content (AvgIpc) is 2.46. The van der Waals surface area contributed by atoms with Crippen molar-refractivity contribution in [2.24, 2.45) is 11.5 Å². The average molecular weight is 307 g/mol. The van der Waals surface area contributed by atoms with Gasteiger partial charge in [-0.3, -0.25) is 10.2 Å². The molecule has 0 amide bonds. The van der Waals surface area contributed by atoms with Crippen LogP contribution in [0.4, 0.5) is 0 Å². The molecule has 0 saturated carbocycles. The molecule has 0 radical (unpaired) electrons. The van der Waals surface area contributed by atoms with Gasteiger partial charge in [-0.1, -0.05) is 30.3 Å². The number of aliphatic carboxylic acids is 1. The molecular weight excluding hydrogens is 282 g/mol. The highest BCUT2D eigenvalue weighted by atomic mass is 16.4. The van der Waals surface area contributed by atoms with Crippen molar-refractivity contribution < 1.29 is 9.90 Å². The first-order valence-electron chi connectivity index (χ1n) is 7.32. The Bertz CT molecular complexity index is 466. The zero-order chi connectivity index (χ0) is 16.4. The van der Waals surface area contributed by atoms with Crippen LogP contribution in [0, 0.1) is 5.41 Å². The van der Waals surface area contributed by atoms with E-state index in [1.807, 2.05) is 30.3 Å². The normalized spacial score (nSPS) is 13.3. The first kappa shape index (κ1) is 17.9. The van der Waals surface area contributed by atoms with Crippen LogP contribution in [0.5, 0.6) is 0 Å². The van der Waals surface area contributed by atoms with E-state index in [-0.39, 0.29) is 12.0 Å². The fourth-order valence-corrected chi connectivity index (χ4v) is 2.12. The van der Waals surface area contributed by atoms with E-state index in [9.17, 15) is 9.90 Å². The van der Waals surface area contributed by atoms with Crippen molar-refractivity contribution in [3.05, 3.63) is 35.9 Å². The third kappa shape index (κ3) is 7.61. The molecule has 7 nitrogen and oxygen atoms in total. The van der Waals surface area contributed by atoms with Gasteiger partial charge in [0.25, 0.3) is 0 Å². The molecule has 22 heavy (non-hydrogen) atoms. The van der Waals surface area contributed by atoms with E-state index >= 15 is 0 Å². The predicted octanol–water partition coefficient (Wildman–Crippen LogP) is -0.138. The second kappa shape index (κ2) is 9.75. The standard InChI is InChI=1S/C15H25N5O2/c16-12(9-11-5-2-1-3-6-11)10-20-13(14(21)22)7-4-8-19-15(17)18/h1-3,5-6,12-13,20H,4,7-10,16H2,(H,21,22)(H4,17,18,19)/t12?,13-/m0/s1. The van der Waals surface area contributed by atoms with Crippen LogP contribution >= 0.6 is 0 Å². The number of nitrogens with two attached hydrogens (primary N) is 2. The van der Waals surface area contributed by atoms with Crippen LogP contribution in [0.2, 0.25) is 0 Å². The first-order chi connectivity index (χ1) is 10.5. The smallest absolute Gasteiger partial charge is 0.320 e. The molecular formula is C15H25N5O2. The molecule has 0 saturated heterocycles. The summed E-state index contributed by atoms with van der Waals surface area (Å²) in [6.07, 6.45) is 1.76. The van der Waals surface area contributed by atoms with E-state index in [2.05, 4.69) is 10.6 Å². The third-order valence-electron chi connectivity index (χ3n) is 3.25. The van der Waals surface area contributed by atoms with Crippen LogP contribution in [0.15, 0.2) is 30.3 Å². The number of hydrogen-bond donors (Lipinski definition) is 6. The molecule has 1 aromatic carbocycles. The Labute approximate surface area is 130 Å². The van der Waals surface area contributed by atoms with Gasteiger partial charge >= 0.3 is 5.97 Å². The van der Waals surface area contributed by atoms with E-state index in [0.29, 0.717) is 32.4 Å². The Morgan fingerprint density at radius 1 is 1.32 bits per heavy atom. The minimum atomic E-state index is -0.894. The van der Waals surface area contributed by atoms with Crippen molar-refractivity contribution in [2.45, 2.75) is 31.3 Å². The second-order valence-electron chi connectivity index (χ2n) is 5.23. The van der Waals surface area contributed by atoms with E-state index in [1.54, 1.807) is 0 Å². The molecule has 0 fully saturated rings. The van der Waals surface area contributed by atoms with Crippen molar-refractivity contribution in [2.75, 3.05) is 13.1 Å². The van der Waals surface area contributed by atoms with Crippen molar-refractivity contribution in [1.82, 2.24) is 10.6 Å². The minimum Gasteiger partial charge on any atom is -0.480 e. The van der Waals surface area contributed by atoms with Gasteiger partial charge in [-0.15, -0.1) is 0 Å².